The van der Waals surface area contributed by atoms with E-state index in [1.54, 1.807) is 23.9 Å². The Morgan fingerprint density at radius 2 is 2.20 bits per heavy atom. The van der Waals surface area contributed by atoms with Crippen LogP contribution in [0, 0.1) is 0 Å². The van der Waals surface area contributed by atoms with E-state index in [-0.39, 0.29) is 0 Å². The van der Waals surface area contributed by atoms with Crippen LogP contribution in [0.5, 0.6) is 0 Å². The minimum absolute atomic E-state index is 0.768. The van der Waals surface area contributed by atoms with Crippen LogP contribution in [0.4, 0.5) is 5.69 Å². The van der Waals surface area contributed by atoms with Crippen molar-refractivity contribution >= 4 is 27.2 Å². The molecule has 0 aliphatic heterocycles. The summed E-state index contributed by atoms with van der Waals surface area (Å²) in [5, 5.41) is 0.962. The number of fused-ring (bicyclic) bond motifs is 1. The molecule has 0 saturated carbocycles. The summed E-state index contributed by atoms with van der Waals surface area (Å²) in [5.74, 6) is 0. The molecular weight excluding hydrogens is 208 g/mol. The molecule has 0 unspecified atom stereocenters. The smallest absolute Gasteiger partial charge is 0.127 e. The zero-order chi connectivity index (χ0) is 10.3. The van der Waals surface area contributed by atoms with Crippen LogP contribution in [0.3, 0.4) is 0 Å². The molecule has 0 radical (unpaired) electrons. The minimum atomic E-state index is 0.768. The Hall–Kier alpha value is -1.81. The normalized spacial score (nSPS) is 10.9. The third-order valence-electron chi connectivity index (χ3n) is 2.18. The predicted octanol–water partition coefficient (Wildman–Crippen LogP) is 3.14. The monoisotopic (exact) mass is 216 g/mol. The highest BCUT2D eigenvalue weighted by atomic mass is 32.1. The minimum Gasteiger partial charge on any atom is -0.472 e. The van der Waals surface area contributed by atoms with E-state index in [1.807, 2.05) is 24.3 Å². The second-order valence-electron chi connectivity index (χ2n) is 3.26. The molecule has 0 bridgehead atoms. The van der Waals surface area contributed by atoms with Gasteiger partial charge in [0.25, 0.3) is 0 Å². The molecule has 0 atom stereocenters. The number of benzene rings is 1. The van der Waals surface area contributed by atoms with Crippen molar-refractivity contribution in [3.8, 4) is 10.6 Å². The number of aromatic nitrogens is 1. The number of anilines is 1. The quantitative estimate of drug-likeness (QED) is 0.636. The highest BCUT2D eigenvalue weighted by Crippen LogP contribution is 2.31. The summed E-state index contributed by atoms with van der Waals surface area (Å²) in [4.78, 5) is 4.50. The topological polar surface area (TPSA) is 52.0 Å². The maximum absolute atomic E-state index is 5.71. The fourth-order valence-corrected chi connectivity index (χ4v) is 2.45. The van der Waals surface area contributed by atoms with Crippen molar-refractivity contribution in [2.75, 3.05) is 5.73 Å². The van der Waals surface area contributed by atoms with Gasteiger partial charge in [0.15, 0.2) is 0 Å². The first-order valence-electron chi connectivity index (χ1n) is 4.51. The molecule has 0 amide bonds. The Morgan fingerprint density at radius 3 is 3.00 bits per heavy atom. The number of thiazole rings is 1. The maximum Gasteiger partial charge on any atom is 0.127 e. The lowest BCUT2D eigenvalue weighted by Gasteiger charge is -1.89. The van der Waals surface area contributed by atoms with Gasteiger partial charge in [0, 0.05) is 11.3 Å². The zero-order valence-corrected chi connectivity index (χ0v) is 8.62. The molecule has 4 heteroatoms. The van der Waals surface area contributed by atoms with Gasteiger partial charge in [0.1, 0.15) is 11.3 Å². The van der Waals surface area contributed by atoms with Crippen LogP contribution in [0.2, 0.25) is 0 Å². The highest BCUT2D eigenvalue weighted by molar-refractivity contribution is 7.21. The van der Waals surface area contributed by atoms with E-state index in [1.165, 1.54) is 0 Å². The van der Waals surface area contributed by atoms with Gasteiger partial charge < -0.3 is 10.2 Å². The molecule has 3 aromatic rings. The van der Waals surface area contributed by atoms with Crippen molar-refractivity contribution in [3.05, 3.63) is 36.8 Å². The van der Waals surface area contributed by atoms with E-state index < -0.39 is 0 Å². The predicted molar refractivity (Wildman–Crippen MR) is 61.7 cm³/mol. The van der Waals surface area contributed by atoms with Crippen molar-refractivity contribution in [1.82, 2.24) is 4.98 Å². The summed E-state index contributed by atoms with van der Waals surface area (Å²) in [6.07, 6.45) is 3.34. The zero-order valence-electron chi connectivity index (χ0n) is 7.81. The summed E-state index contributed by atoms with van der Waals surface area (Å²) in [7, 11) is 0. The molecule has 15 heavy (non-hydrogen) atoms. The van der Waals surface area contributed by atoms with E-state index >= 15 is 0 Å². The Labute approximate surface area is 90.2 Å². The van der Waals surface area contributed by atoms with E-state index in [0.29, 0.717) is 0 Å². The van der Waals surface area contributed by atoms with Crippen LogP contribution in [-0.2, 0) is 0 Å². The second kappa shape index (κ2) is 3.10. The number of nitrogen functional groups attached to an aromatic ring is 1. The van der Waals surface area contributed by atoms with Gasteiger partial charge in [-0.3, -0.25) is 0 Å². The van der Waals surface area contributed by atoms with Gasteiger partial charge in [0.2, 0.25) is 0 Å². The summed E-state index contributed by atoms with van der Waals surface area (Å²) < 4.78 is 6.13. The number of nitrogens with zero attached hydrogens (tertiary/aromatic N) is 1. The van der Waals surface area contributed by atoms with Gasteiger partial charge in [-0.2, -0.15) is 0 Å². The standard InChI is InChI=1S/C11H8N2OS/c12-8-1-2-9-10(5-8)15-11(13-9)7-3-4-14-6-7/h1-6H,12H2. The molecule has 0 fully saturated rings. The number of hydrogen-bond donors (Lipinski definition) is 1. The first kappa shape index (κ1) is 8.49. The Morgan fingerprint density at radius 1 is 1.27 bits per heavy atom. The van der Waals surface area contributed by atoms with Gasteiger partial charge in [0.05, 0.1) is 16.5 Å². The van der Waals surface area contributed by atoms with Crippen LogP contribution in [0.15, 0.2) is 41.2 Å². The Bertz CT molecular complexity index is 598. The molecule has 74 valence electrons. The Kier molecular flexibility index (Phi) is 1.76. The second-order valence-corrected chi connectivity index (χ2v) is 4.29. The molecule has 3 nitrogen and oxygen atoms in total. The third-order valence-corrected chi connectivity index (χ3v) is 3.25. The van der Waals surface area contributed by atoms with Gasteiger partial charge in [-0.25, -0.2) is 4.98 Å². The number of furan rings is 1. The van der Waals surface area contributed by atoms with Crippen molar-refractivity contribution < 1.29 is 4.42 Å². The first-order chi connectivity index (χ1) is 7.33. The Balaban J connectivity index is 2.22. The van der Waals surface area contributed by atoms with Crippen LogP contribution in [0.1, 0.15) is 0 Å². The first-order valence-corrected chi connectivity index (χ1v) is 5.33. The van der Waals surface area contributed by atoms with Gasteiger partial charge >= 0.3 is 0 Å². The van der Waals surface area contributed by atoms with Crippen molar-refractivity contribution in [3.63, 3.8) is 0 Å². The summed E-state index contributed by atoms with van der Waals surface area (Å²) in [6, 6.07) is 7.64. The average molecular weight is 216 g/mol. The molecule has 0 spiro atoms. The molecule has 0 aliphatic rings. The van der Waals surface area contributed by atoms with E-state index in [9.17, 15) is 0 Å². The fourth-order valence-electron chi connectivity index (χ4n) is 1.45. The van der Waals surface area contributed by atoms with Gasteiger partial charge in [-0.1, -0.05) is 0 Å². The molecule has 2 aromatic heterocycles. The molecule has 2 heterocycles. The molecule has 1 aromatic carbocycles. The van der Waals surface area contributed by atoms with Crippen LogP contribution >= 0.6 is 11.3 Å². The van der Waals surface area contributed by atoms with Gasteiger partial charge in [-0.15, -0.1) is 11.3 Å². The van der Waals surface area contributed by atoms with Crippen LogP contribution in [-0.4, -0.2) is 4.98 Å². The maximum atomic E-state index is 5.71. The average Bonchev–Trinajstić information content (AvgIpc) is 2.84. The molecule has 2 N–H and O–H groups in total. The molecule has 0 aliphatic carbocycles. The van der Waals surface area contributed by atoms with Crippen molar-refractivity contribution in [1.29, 1.82) is 0 Å². The SMILES string of the molecule is Nc1ccc2nc(-c3ccoc3)sc2c1. The number of nitrogens with two attached hydrogens (primary N) is 1. The largest absolute Gasteiger partial charge is 0.472 e. The highest BCUT2D eigenvalue weighted by Gasteiger charge is 2.06. The lowest BCUT2D eigenvalue weighted by molar-refractivity contribution is 0.568. The lowest BCUT2D eigenvalue weighted by atomic mass is 10.3. The third kappa shape index (κ3) is 1.39. The molecule has 0 saturated heterocycles. The number of hydrogen-bond acceptors (Lipinski definition) is 4. The lowest BCUT2D eigenvalue weighted by Crippen LogP contribution is -1.81. The molecular formula is C11H8N2OS. The summed E-state index contributed by atoms with van der Waals surface area (Å²) >= 11 is 1.62. The summed E-state index contributed by atoms with van der Waals surface area (Å²) in [5.41, 5.74) is 8.47. The van der Waals surface area contributed by atoms with E-state index in [0.717, 1.165) is 26.5 Å². The van der Waals surface area contributed by atoms with E-state index in [2.05, 4.69) is 4.98 Å². The molecule has 3 rings (SSSR count). The van der Waals surface area contributed by atoms with E-state index in [4.69, 9.17) is 10.2 Å². The fraction of sp³-hybridized carbons (Fsp3) is 0. The summed E-state index contributed by atoms with van der Waals surface area (Å²) in [6.45, 7) is 0. The van der Waals surface area contributed by atoms with Crippen molar-refractivity contribution in [2.45, 2.75) is 0 Å². The van der Waals surface area contributed by atoms with Crippen molar-refractivity contribution in [2.24, 2.45) is 0 Å². The van der Waals surface area contributed by atoms with Crippen LogP contribution < -0.4 is 5.73 Å². The number of rotatable bonds is 1. The van der Waals surface area contributed by atoms with Gasteiger partial charge in [-0.05, 0) is 24.3 Å². The van der Waals surface area contributed by atoms with Crippen LogP contribution in [0.25, 0.3) is 20.8 Å².